The number of hydrogen-bond acceptors (Lipinski definition) is 0. The first-order valence-electron chi connectivity index (χ1n) is 6.04. The summed E-state index contributed by atoms with van der Waals surface area (Å²) in [5.41, 5.74) is 1.65. The van der Waals surface area contributed by atoms with Gasteiger partial charge in [0.2, 0.25) is 0 Å². The molecule has 1 aromatic rings. The first-order chi connectivity index (χ1) is 7.59. The number of aryl methyl sites for hydroxylation is 1. The molecule has 1 aliphatic rings. The van der Waals surface area contributed by atoms with Gasteiger partial charge in [-0.1, -0.05) is 43.5 Å². The molecule has 1 fully saturated rings. The van der Waals surface area contributed by atoms with Crippen molar-refractivity contribution in [1.29, 1.82) is 0 Å². The van der Waals surface area contributed by atoms with Crippen LogP contribution in [0, 0.1) is 18.7 Å². The van der Waals surface area contributed by atoms with Gasteiger partial charge in [0.15, 0.2) is 0 Å². The van der Waals surface area contributed by atoms with Gasteiger partial charge in [-0.3, -0.25) is 0 Å². The minimum Gasteiger partial charge on any atom is -0.205 e. The number of hydrogen-bond donors (Lipinski definition) is 0. The lowest BCUT2D eigenvalue weighted by atomic mass is 9.79. The second-order valence-corrected chi connectivity index (χ2v) is 5.43. The van der Waals surface area contributed by atoms with E-state index in [9.17, 15) is 4.39 Å². The van der Waals surface area contributed by atoms with Crippen LogP contribution in [-0.2, 0) is 0 Å². The molecule has 0 atom stereocenters. The van der Waals surface area contributed by atoms with Gasteiger partial charge in [0.1, 0.15) is 5.82 Å². The molecule has 0 N–H and O–H groups in total. The van der Waals surface area contributed by atoms with Gasteiger partial charge in [-0.05, 0) is 42.7 Å². The molecular weight excluding hydrogens is 223 g/mol. The molecule has 0 unspecified atom stereocenters. The average Bonchev–Trinajstić information content (AvgIpc) is 2.28. The molecule has 1 saturated carbocycles. The van der Waals surface area contributed by atoms with Crippen molar-refractivity contribution in [2.45, 2.75) is 45.4 Å². The Labute approximate surface area is 103 Å². The first kappa shape index (κ1) is 11.9. The van der Waals surface area contributed by atoms with Crippen molar-refractivity contribution in [2.75, 3.05) is 0 Å². The predicted octanol–water partition coefficient (Wildman–Crippen LogP) is 5.33. The molecule has 16 heavy (non-hydrogen) atoms. The van der Waals surface area contributed by atoms with Gasteiger partial charge in [-0.25, -0.2) is 4.39 Å². The fraction of sp³-hybridized carbons (Fsp3) is 0.571. The Kier molecular flexibility index (Phi) is 3.53. The molecule has 0 spiro atoms. The number of benzene rings is 1. The summed E-state index contributed by atoms with van der Waals surface area (Å²) < 4.78 is 13.7. The molecule has 0 radical (unpaired) electrons. The van der Waals surface area contributed by atoms with Crippen LogP contribution in [0.1, 0.15) is 51.1 Å². The van der Waals surface area contributed by atoms with Crippen LogP contribution in [0.3, 0.4) is 0 Å². The Morgan fingerprint density at radius 1 is 1.25 bits per heavy atom. The highest BCUT2D eigenvalue weighted by Gasteiger charge is 2.23. The summed E-state index contributed by atoms with van der Waals surface area (Å²) in [5, 5.41) is 0.347. The van der Waals surface area contributed by atoms with Crippen molar-refractivity contribution in [3.05, 3.63) is 34.1 Å². The standard InChI is InChI=1S/C14H18ClF.H2/c1-9-3-6-11(7-4-9)12-8-5-10(2)14(16)13(12)15;/h5,8-9,11H,3-4,6-7H2,1-2H3;1H. The van der Waals surface area contributed by atoms with Crippen LogP contribution in [-0.4, -0.2) is 0 Å². The number of rotatable bonds is 1. The summed E-state index contributed by atoms with van der Waals surface area (Å²) in [5.74, 6) is 1.03. The molecule has 1 aromatic carbocycles. The van der Waals surface area contributed by atoms with E-state index in [1.54, 1.807) is 6.92 Å². The highest BCUT2D eigenvalue weighted by atomic mass is 35.5. The molecule has 0 aliphatic heterocycles. The Morgan fingerprint density at radius 2 is 1.88 bits per heavy atom. The molecule has 0 aromatic heterocycles. The second kappa shape index (κ2) is 4.75. The Bertz CT molecular complexity index is 384. The van der Waals surface area contributed by atoms with E-state index in [4.69, 9.17) is 11.6 Å². The molecule has 0 bridgehead atoms. The molecule has 0 heterocycles. The molecule has 0 nitrogen and oxygen atoms in total. The van der Waals surface area contributed by atoms with Gasteiger partial charge in [0.25, 0.3) is 0 Å². The summed E-state index contributed by atoms with van der Waals surface area (Å²) in [6, 6.07) is 3.84. The fourth-order valence-corrected chi connectivity index (χ4v) is 2.91. The Morgan fingerprint density at radius 3 is 2.50 bits per heavy atom. The largest absolute Gasteiger partial charge is 0.205 e. The molecule has 0 saturated heterocycles. The van der Waals surface area contributed by atoms with Gasteiger partial charge >= 0.3 is 0 Å². The third-order valence-electron chi connectivity index (χ3n) is 3.76. The minimum absolute atomic E-state index is 0. The van der Waals surface area contributed by atoms with Crippen LogP contribution in [0.2, 0.25) is 5.02 Å². The van der Waals surface area contributed by atoms with Gasteiger partial charge in [0.05, 0.1) is 5.02 Å². The van der Waals surface area contributed by atoms with Crippen LogP contribution in [0.25, 0.3) is 0 Å². The highest BCUT2D eigenvalue weighted by Crippen LogP contribution is 2.39. The summed E-state index contributed by atoms with van der Waals surface area (Å²) in [4.78, 5) is 0. The van der Waals surface area contributed by atoms with Crippen LogP contribution < -0.4 is 0 Å². The smallest absolute Gasteiger partial charge is 0.144 e. The van der Waals surface area contributed by atoms with E-state index in [0.717, 1.165) is 24.3 Å². The maximum absolute atomic E-state index is 13.7. The SMILES string of the molecule is Cc1ccc(C2CCC(C)CC2)c(Cl)c1F.[HH]. The van der Waals surface area contributed by atoms with Crippen LogP contribution in [0.4, 0.5) is 4.39 Å². The van der Waals surface area contributed by atoms with Crippen LogP contribution in [0.15, 0.2) is 12.1 Å². The quantitative estimate of drug-likeness (QED) is 0.625. The zero-order valence-electron chi connectivity index (χ0n) is 9.89. The van der Waals surface area contributed by atoms with E-state index >= 15 is 0 Å². The molecule has 2 heteroatoms. The summed E-state index contributed by atoms with van der Waals surface area (Å²) >= 11 is 6.09. The van der Waals surface area contributed by atoms with E-state index < -0.39 is 0 Å². The van der Waals surface area contributed by atoms with Crippen molar-refractivity contribution in [3.63, 3.8) is 0 Å². The third kappa shape index (κ3) is 2.24. The molecule has 2 rings (SSSR count). The van der Waals surface area contributed by atoms with E-state index in [2.05, 4.69) is 6.92 Å². The zero-order chi connectivity index (χ0) is 11.7. The maximum Gasteiger partial charge on any atom is 0.144 e. The van der Waals surface area contributed by atoms with Crippen molar-refractivity contribution < 1.29 is 5.82 Å². The van der Waals surface area contributed by atoms with Crippen molar-refractivity contribution in [3.8, 4) is 0 Å². The minimum atomic E-state index is -0.238. The van der Waals surface area contributed by atoms with Crippen molar-refractivity contribution in [1.82, 2.24) is 0 Å². The highest BCUT2D eigenvalue weighted by molar-refractivity contribution is 6.31. The van der Waals surface area contributed by atoms with E-state index in [1.165, 1.54) is 12.8 Å². The molecule has 0 amide bonds. The zero-order valence-corrected chi connectivity index (χ0v) is 10.6. The summed E-state index contributed by atoms with van der Waals surface area (Å²) in [7, 11) is 0. The lowest BCUT2D eigenvalue weighted by Gasteiger charge is -2.27. The average molecular weight is 243 g/mol. The monoisotopic (exact) mass is 242 g/mol. The maximum atomic E-state index is 13.7. The second-order valence-electron chi connectivity index (χ2n) is 5.06. The normalized spacial score (nSPS) is 25.8. The number of halogens is 2. The Hall–Kier alpha value is -0.560. The lowest BCUT2D eigenvalue weighted by molar-refractivity contribution is 0.347. The lowest BCUT2D eigenvalue weighted by Crippen LogP contribution is -2.11. The fourth-order valence-electron chi connectivity index (χ4n) is 2.55. The Balaban J connectivity index is 0.00000144. The molecular formula is C14H20ClF. The van der Waals surface area contributed by atoms with Crippen molar-refractivity contribution >= 4 is 11.6 Å². The summed E-state index contributed by atoms with van der Waals surface area (Å²) in [6.45, 7) is 4.04. The van der Waals surface area contributed by atoms with Crippen molar-refractivity contribution in [2.24, 2.45) is 5.92 Å². The topological polar surface area (TPSA) is 0 Å². The molecule has 90 valence electrons. The van der Waals surface area contributed by atoms with Gasteiger partial charge in [-0.2, -0.15) is 0 Å². The predicted molar refractivity (Wildman–Crippen MR) is 68.6 cm³/mol. The summed E-state index contributed by atoms with van der Waals surface area (Å²) in [6.07, 6.45) is 4.75. The van der Waals surface area contributed by atoms with Gasteiger partial charge in [0, 0.05) is 1.43 Å². The molecule has 1 aliphatic carbocycles. The van der Waals surface area contributed by atoms with Crippen LogP contribution >= 0.6 is 11.6 Å². The van der Waals surface area contributed by atoms with E-state index in [1.807, 2.05) is 12.1 Å². The third-order valence-corrected chi connectivity index (χ3v) is 4.15. The van der Waals surface area contributed by atoms with E-state index in [0.29, 0.717) is 16.5 Å². The van der Waals surface area contributed by atoms with E-state index in [-0.39, 0.29) is 7.24 Å². The first-order valence-corrected chi connectivity index (χ1v) is 6.42. The van der Waals surface area contributed by atoms with Gasteiger partial charge in [-0.15, -0.1) is 0 Å². The van der Waals surface area contributed by atoms with Crippen LogP contribution in [0.5, 0.6) is 0 Å². The van der Waals surface area contributed by atoms with Gasteiger partial charge < -0.3 is 0 Å².